The van der Waals surface area contributed by atoms with Crippen LogP contribution in [0.25, 0.3) is 10.6 Å². The Labute approximate surface area is 94.4 Å². The van der Waals surface area contributed by atoms with Crippen molar-refractivity contribution in [3.8, 4) is 22.5 Å². The molecule has 0 aliphatic carbocycles. The van der Waals surface area contributed by atoms with E-state index < -0.39 is 0 Å². The third-order valence-corrected chi connectivity index (χ3v) is 2.99. The van der Waals surface area contributed by atoms with Gasteiger partial charge in [-0.15, -0.1) is 11.3 Å². The average Bonchev–Trinajstić information content (AvgIpc) is 2.87. The highest BCUT2D eigenvalue weighted by atomic mass is 32.1. The van der Waals surface area contributed by atoms with Crippen molar-refractivity contribution < 1.29 is 0 Å². The molecule has 0 aliphatic rings. The highest BCUT2D eigenvalue weighted by Crippen LogP contribution is 2.24. The van der Waals surface area contributed by atoms with Gasteiger partial charge in [-0.3, -0.25) is 4.57 Å². The Balaban J connectivity index is 2.28. The molecule has 0 N–H and O–H groups in total. The summed E-state index contributed by atoms with van der Waals surface area (Å²) >= 11 is 1.75. The number of hydrogen-bond donors (Lipinski definition) is 0. The zero-order valence-electron chi connectivity index (χ0n) is 8.73. The molecule has 1 nitrogen and oxygen atoms in total. The Morgan fingerprint density at radius 3 is 3.00 bits per heavy atom. The van der Waals surface area contributed by atoms with Gasteiger partial charge in [0.2, 0.25) is 0 Å². The van der Waals surface area contributed by atoms with Gasteiger partial charge in [0.1, 0.15) is 0 Å². The molecule has 2 heterocycles. The van der Waals surface area contributed by atoms with E-state index in [0.717, 1.165) is 12.8 Å². The topological polar surface area (TPSA) is 4.93 Å². The second-order valence-electron chi connectivity index (χ2n) is 3.28. The van der Waals surface area contributed by atoms with Gasteiger partial charge in [-0.25, -0.2) is 0 Å². The first-order chi connectivity index (χ1) is 7.42. The van der Waals surface area contributed by atoms with Gasteiger partial charge in [-0.05, 0) is 30.0 Å². The van der Waals surface area contributed by atoms with Crippen molar-refractivity contribution >= 4 is 11.3 Å². The van der Waals surface area contributed by atoms with Crippen molar-refractivity contribution in [3.63, 3.8) is 0 Å². The fourth-order valence-electron chi connectivity index (χ4n) is 1.37. The van der Waals surface area contributed by atoms with Gasteiger partial charge in [0, 0.05) is 18.7 Å². The molecular formula is C13H13NS. The van der Waals surface area contributed by atoms with Crippen LogP contribution in [0.15, 0.2) is 35.8 Å². The summed E-state index contributed by atoms with van der Waals surface area (Å²) in [4.78, 5) is 1.27. The lowest BCUT2D eigenvalue weighted by Gasteiger charge is -1.97. The van der Waals surface area contributed by atoms with E-state index in [4.69, 9.17) is 0 Å². The molecule has 0 unspecified atom stereocenters. The molecule has 2 rings (SSSR count). The van der Waals surface area contributed by atoms with Crippen LogP contribution in [0.4, 0.5) is 0 Å². The summed E-state index contributed by atoms with van der Waals surface area (Å²) in [5, 5.41) is 2.09. The van der Waals surface area contributed by atoms with E-state index in [2.05, 4.69) is 42.5 Å². The molecule has 0 aliphatic heterocycles. The number of thiophene rings is 1. The minimum absolute atomic E-state index is 0.960. The lowest BCUT2D eigenvalue weighted by molar-refractivity contribution is 0.978. The van der Waals surface area contributed by atoms with Crippen LogP contribution in [0.3, 0.4) is 0 Å². The van der Waals surface area contributed by atoms with Gasteiger partial charge in [0.15, 0.2) is 0 Å². The molecule has 0 spiro atoms. The predicted octanol–water partition coefficient (Wildman–Crippen LogP) is 3.83. The van der Waals surface area contributed by atoms with E-state index in [1.54, 1.807) is 11.3 Å². The standard InChI is InChI=1S/C13H13NS/c1-2-3-4-9-14-10-5-7-12(14)13-8-6-11-15-13/h5-8,10-11H,2-3H2,1H3. The van der Waals surface area contributed by atoms with E-state index in [-0.39, 0.29) is 0 Å². The van der Waals surface area contributed by atoms with Gasteiger partial charge >= 0.3 is 0 Å². The number of rotatable bonds is 2. The predicted molar refractivity (Wildman–Crippen MR) is 65.8 cm³/mol. The maximum atomic E-state index is 3.16. The van der Waals surface area contributed by atoms with E-state index in [0.29, 0.717) is 0 Å². The largest absolute Gasteiger partial charge is 0.276 e. The molecule has 0 aromatic carbocycles. The van der Waals surface area contributed by atoms with Crippen LogP contribution in [-0.4, -0.2) is 4.57 Å². The SMILES string of the molecule is CCCC#Cn1cccc1-c1cccs1. The molecule has 0 saturated carbocycles. The summed E-state index contributed by atoms with van der Waals surface area (Å²) in [5.74, 6) is 3.16. The Bertz CT molecular complexity index is 468. The van der Waals surface area contributed by atoms with Gasteiger partial charge in [-0.2, -0.15) is 0 Å². The number of nitrogens with zero attached hydrogens (tertiary/aromatic N) is 1. The van der Waals surface area contributed by atoms with E-state index >= 15 is 0 Å². The maximum absolute atomic E-state index is 3.16. The van der Waals surface area contributed by atoms with Crippen LogP contribution in [0.1, 0.15) is 19.8 Å². The Hall–Kier alpha value is -1.46. The summed E-state index contributed by atoms with van der Waals surface area (Å²) in [6, 6.07) is 11.5. The first kappa shape index (κ1) is 10.1. The molecule has 2 heteroatoms. The van der Waals surface area contributed by atoms with Gasteiger partial charge in [0.25, 0.3) is 0 Å². The van der Waals surface area contributed by atoms with Crippen molar-refractivity contribution in [3.05, 3.63) is 35.8 Å². The molecule has 76 valence electrons. The van der Waals surface area contributed by atoms with Crippen molar-refractivity contribution in [2.75, 3.05) is 0 Å². The average molecular weight is 215 g/mol. The minimum atomic E-state index is 0.960. The van der Waals surface area contributed by atoms with E-state index in [1.165, 1.54) is 10.6 Å². The number of hydrogen-bond acceptors (Lipinski definition) is 1. The summed E-state index contributed by atoms with van der Waals surface area (Å²) in [6.45, 7) is 2.14. The molecule has 2 aromatic heterocycles. The third-order valence-electron chi connectivity index (χ3n) is 2.10. The normalized spacial score (nSPS) is 9.67. The molecule has 0 amide bonds. The molecule has 0 radical (unpaired) electrons. The number of unbranched alkanes of at least 4 members (excludes halogenated alkanes) is 1. The molecular weight excluding hydrogens is 202 g/mol. The summed E-state index contributed by atoms with van der Waals surface area (Å²) in [7, 11) is 0. The smallest absolute Gasteiger partial charge is 0.0711 e. The second-order valence-corrected chi connectivity index (χ2v) is 4.23. The van der Waals surface area contributed by atoms with Crippen molar-refractivity contribution in [2.45, 2.75) is 19.8 Å². The van der Waals surface area contributed by atoms with Crippen LogP contribution in [0.5, 0.6) is 0 Å². The molecule has 0 fully saturated rings. The third kappa shape index (κ3) is 2.31. The molecule has 0 saturated heterocycles. The summed E-state index contributed by atoms with van der Waals surface area (Å²) in [5.41, 5.74) is 1.19. The fraction of sp³-hybridized carbons (Fsp3) is 0.231. The number of aromatic nitrogens is 1. The first-order valence-electron chi connectivity index (χ1n) is 5.12. The first-order valence-corrected chi connectivity index (χ1v) is 6.00. The van der Waals surface area contributed by atoms with Gasteiger partial charge in [-0.1, -0.05) is 18.9 Å². The zero-order chi connectivity index (χ0) is 10.5. The zero-order valence-corrected chi connectivity index (χ0v) is 9.55. The minimum Gasteiger partial charge on any atom is -0.276 e. The second kappa shape index (κ2) is 4.86. The van der Waals surface area contributed by atoms with Crippen LogP contribution in [0.2, 0.25) is 0 Å². The summed E-state index contributed by atoms with van der Waals surface area (Å²) < 4.78 is 2.00. The molecule has 0 atom stereocenters. The highest BCUT2D eigenvalue weighted by Gasteiger charge is 2.01. The van der Waals surface area contributed by atoms with Crippen LogP contribution in [-0.2, 0) is 0 Å². The summed E-state index contributed by atoms with van der Waals surface area (Å²) in [6.07, 6.45) is 4.09. The van der Waals surface area contributed by atoms with Crippen LogP contribution >= 0.6 is 11.3 Å². The Morgan fingerprint density at radius 1 is 1.33 bits per heavy atom. The quantitative estimate of drug-likeness (QED) is 0.671. The van der Waals surface area contributed by atoms with Gasteiger partial charge in [0.05, 0.1) is 10.6 Å². The fourth-order valence-corrected chi connectivity index (χ4v) is 2.12. The van der Waals surface area contributed by atoms with Crippen LogP contribution in [0, 0.1) is 12.0 Å². The van der Waals surface area contributed by atoms with Crippen molar-refractivity contribution in [2.24, 2.45) is 0 Å². The Morgan fingerprint density at radius 2 is 2.27 bits per heavy atom. The molecule has 15 heavy (non-hydrogen) atoms. The lowest BCUT2D eigenvalue weighted by atomic mass is 10.3. The van der Waals surface area contributed by atoms with E-state index in [9.17, 15) is 0 Å². The monoisotopic (exact) mass is 215 g/mol. The van der Waals surface area contributed by atoms with Crippen molar-refractivity contribution in [1.29, 1.82) is 0 Å². The molecule has 2 aromatic rings. The highest BCUT2D eigenvalue weighted by molar-refractivity contribution is 7.13. The maximum Gasteiger partial charge on any atom is 0.0711 e. The van der Waals surface area contributed by atoms with Gasteiger partial charge < -0.3 is 0 Å². The Kier molecular flexibility index (Phi) is 3.26. The lowest BCUT2D eigenvalue weighted by Crippen LogP contribution is -1.87. The van der Waals surface area contributed by atoms with Crippen molar-refractivity contribution in [1.82, 2.24) is 4.57 Å². The van der Waals surface area contributed by atoms with Crippen LogP contribution < -0.4 is 0 Å². The molecule has 0 bridgehead atoms. The van der Waals surface area contributed by atoms with E-state index in [1.807, 2.05) is 16.8 Å².